The summed E-state index contributed by atoms with van der Waals surface area (Å²) < 4.78 is 2.65. The first-order chi connectivity index (χ1) is 27.7. The predicted octanol–water partition coefficient (Wildman–Crippen LogP) is 16.3. The van der Waals surface area contributed by atoms with Gasteiger partial charge in [-0.2, -0.15) is 0 Å². The first-order valence-electron chi connectivity index (χ1n) is 19.1. The number of hydrogen-bond acceptors (Lipinski definition) is 2. The van der Waals surface area contributed by atoms with Crippen LogP contribution in [0.2, 0.25) is 0 Å². The van der Waals surface area contributed by atoms with E-state index >= 15 is 0 Å². The summed E-state index contributed by atoms with van der Waals surface area (Å²) in [5, 5.41) is 10.4. The molecule has 0 aliphatic carbocycles. The van der Waals surface area contributed by atoms with Crippen molar-refractivity contribution in [2.24, 2.45) is 0 Å². The molecule has 0 bridgehead atoms. The van der Waals surface area contributed by atoms with Gasteiger partial charge < -0.3 is 0 Å². The number of fused-ring (bicyclic) bond motifs is 8. The van der Waals surface area contributed by atoms with E-state index in [1.807, 2.05) is 23.1 Å². The van der Waals surface area contributed by atoms with Crippen molar-refractivity contribution < 1.29 is 0 Å². The van der Waals surface area contributed by atoms with Crippen LogP contribution in [0, 0.1) is 0 Å². The summed E-state index contributed by atoms with van der Waals surface area (Å²) in [5.41, 5.74) is 12.7. The van der Waals surface area contributed by atoms with Gasteiger partial charge in [0.25, 0.3) is 0 Å². The third-order valence-electron chi connectivity index (χ3n) is 11.6. The third kappa shape index (κ3) is 5.00. The molecule has 2 heterocycles. The van der Waals surface area contributed by atoms with E-state index in [4.69, 9.17) is 0 Å². The van der Waals surface area contributed by atoms with Gasteiger partial charge in [-0.05, 0) is 131 Å². The largest absolute Gasteiger partial charge is 0.135 e. The van der Waals surface area contributed by atoms with Crippen molar-refractivity contribution in [3.05, 3.63) is 194 Å². The van der Waals surface area contributed by atoms with Crippen LogP contribution in [0.3, 0.4) is 0 Å². The Morgan fingerprint density at radius 1 is 0.268 bits per heavy atom. The van der Waals surface area contributed by atoms with Gasteiger partial charge in [0.15, 0.2) is 0 Å². The fourth-order valence-electron chi connectivity index (χ4n) is 8.97. The molecule has 11 aromatic rings. The number of rotatable bonds is 4. The van der Waals surface area contributed by atoms with Crippen LogP contribution < -0.4 is 0 Å². The van der Waals surface area contributed by atoms with E-state index < -0.39 is 0 Å². The second-order valence-electron chi connectivity index (χ2n) is 14.8. The van der Waals surface area contributed by atoms with Gasteiger partial charge in [0.1, 0.15) is 0 Å². The van der Waals surface area contributed by atoms with Crippen LogP contribution >= 0.6 is 23.1 Å². The van der Waals surface area contributed by atoms with Crippen LogP contribution in [0.1, 0.15) is 0 Å². The first-order valence-corrected chi connectivity index (χ1v) is 20.8. The van der Waals surface area contributed by atoms with Gasteiger partial charge in [-0.15, -0.1) is 11.3 Å². The van der Waals surface area contributed by atoms with Crippen molar-refractivity contribution in [2.45, 2.75) is 9.79 Å². The number of thiophene rings is 1. The molecule has 0 saturated carbocycles. The van der Waals surface area contributed by atoms with Gasteiger partial charge in [-0.3, -0.25) is 0 Å². The van der Waals surface area contributed by atoms with Crippen LogP contribution in [-0.2, 0) is 0 Å². The Hall–Kier alpha value is -6.45. The van der Waals surface area contributed by atoms with Gasteiger partial charge in [0.2, 0.25) is 0 Å². The topological polar surface area (TPSA) is 0 Å². The summed E-state index contributed by atoms with van der Waals surface area (Å²) in [5.74, 6) is 0. The normalized spacial score (nSPS) is 12.2. The summed E-state index contributed by atoms with van der Waals surface area (Å²) in [4.78, 5) is 2.63. The highest BCUT2D eigenvalue weighted by Crippen LogP contribution is 2.53. The van der Waals surface area contributed by atoms with Crippen molar-refractivity contribution in [2.75, 3.05) is 0 Å². The lowest BCUT2D eigenvalue weighted by molar-refractivity contribution is 1.40. The Bertz CT molecular complexity index is 3370. The fraction of sp³-hybridized carbons (Fsp3) is 0. The predicted molar refractivity (Wildman–Crippen MR) is 243 cm³/mol. The second-order valence-corrected chi connectivity index (χ2v) is 17.0. The van der Waals surface area contributed by atoms with Gasteiger partial charge in [-0.1, -0.05) is 157 Å². The van der Waals surface area contributed by atoms with Crippen molar-refractivity contribution in [3.8, 4) is 55.6 Å². The molecule has 260 valence electrons. The molecule has 0 radical (unpaired) electrons. The van der Waals surface area contributed by atoms with Crippen molar-refractivity contribution in [3.63, 3.8) is 0 Å². The zero-order valence-electron chi connectivity index (χ0n) is 30.3. The second kappa shape index (κ2) is 12.5. The molecule has 0 amide bonds. The molecule has 0 saturated heterocycles. The Labute approximate surface area is 333 Å². The van der Waals surface area contributed by atoms with E-state index in [1.165, 1.54) is 118 Å². The monoisotopic (exact) mass is 744 g/mol. The highest BCUT2D eigenvalue weighted by molar-refractivity contribution is 7.99. The minimum atomic E-state index is 1.24. The van der Waals surface area contributed by atoms with E-state index in [9.17, 15) is 0 Å². The number of hydrogen-bond donors (Lipinski definition) is 0. The lowest BCUT2D eigenvalue weighted by Crippen LogP contribution is -1.94. The van der Waals surface area contributed by atoms with E-state index in [2.05, 4.69) is 194 Å². The average molecular weight is 745 g/mol. The number of benzene rings is 10. The maximum atomic E-state index is 2.47. The zero-order chi connectivity index (χ0) is 36.7. The summed E-state index contributed by atoms with van der Waals surface area (Å²) in [6.07, 6.45) is 0. The SMILES string of the molecule is c1ccc(-c2cc3ccccc3cc2-c2ccc3c(c2)Sc2cccc4c2c-3cc2sc3cc(-c5cc6ccccc6cc5-c5ccccc5)ccc3c24)cc1. The highest BCUT2D eigenvalue weighted by Gasteiger charge is 2.24. The van der Waals surface area contributed by atoms with Crippen LogP contribution in [0.4, 0.5) is 0 Å². The van der Waals surface area contributed by atoms with E-state index in [0.717, 1.165) is 0 Å². The first kappa shape index (κ1) is 31.9. The molecule has 2 heteroatoms. The molecular formula is C54H32S2. The molecule has 0 nitrogen and oxygen atoms in total. The Balaban J connectivity index is 1.02. The van der Waals surface area contributed by atoms with Crippen LogP contribution in [0.15, 0.2) is 204 Å². The van der Waals surface area contributed by atoms with E-state index in [-0.39, 0.29) is 0 Å². The molecule has 12 rings (SSSR count). The van der Waals surface area contributed by atoms with E-state index in [1.54, 1.807) is 0 Å². The maximum Gasteiger partial charge on any atom is 0.0368 e. The molecule has 0 atom stereocenters. The molecule has 56 heavy (non-hydrogen) atoms. The van der Waals surface area contributed by atoms with Crippen molar-refractivity contribution >= 4 is 75.6 Å². The highest BCUT2D eigenvalue weighted by atomic mass is 32.2. The van der Waals surface area contributed by atoms with E-state index in [0.29, 0.717) is 0 Å². The molecule has 1 aliphatic rings. The van der Waals surface area contributed by atoms with Crippen molar-refractivity contribution in [1.82, 2.24) is 0 Å². The van der Waals surface area contributed by atoms with Gasteiger partial charge in [0.05, 0.1) is 0 Å². The molecule has 0 unspecified atom stereocenters. The summed E-state index contributed by atoms with van der Waals surface area (Å²) >= 11 is 3.83. The lowest BCUT2D eigenvalue weighted by atomic mass is 9.89. The average Bonchev–Trinajstić information content (AvgIpc) is 3.64. The van der Waals surface area contributed by atoms with Gasteiger partial charge in [0, 0.05) is 35.3 Å². The minimum absolute atomic E-state index is 1.24. The molecule has 0 fully saturated rings. The van der Waals surface area contributed by atoms with Crippen molar-refractivity contribution in [1.29, 1.82) is 0 Å². The maximum absolute atomic E-state index is 2.47. The molecule has 0 N–H and O–H groups in total. The van der Waals surface area contributed by atoms with Crippen LogP contribution in [0.25, 0.3) is 108 Å². The fourth-order valence-corrected chi connectivity index (χ4v) is 11.3. The summed E-state index contributed by atoms with van der Waals surface area (Å²) in [6.45, 7) is 0. The Morgan fingerprint density at radius 2 is 0.804 bits per heavy atom. The Morgan fingerprint density at radius 3 is 1.41 bits per heavy atom. The molecule has 10 aromatic carbocycles. The minimum Gasteiger partial charge on any atom is -0.135 e. The molecular weight excluding hydrogens is 713 g/mol. The zero-order valence-corrected chi connectivity index (χ0v) is 31.9. The molecule has 1 aliphatic heterocycles. The van der Waals surface area contributed by atoms with Crippen LogP contribution in [-0.4, -0.2) is 0 Å². The Kier molecular flexibility index (Phi) is 7.14. The smallest absolute Gasteiger partial charge is 0.0368 e. The van der Waals surface area contributed by atoms with Gasteiger partial charge >= 0.3 is 0 Å². The van der Waals surface area contributed by atoms with Gasteiger partial charge in [-0.25, -0.2) is 0 Å². The summed E-state index contributed by atoms with van der Waals surface area (Å²) in [6, 6.07) is 72.1. The standard InChI is InChI=1S/C54H32S2/c1-3-12-33(13-4-1)44-26-35-16-7-9-18-37(35)28-46(44)39-22-24-41-48-32-52-53(43-20-11-21-49(54(43)48)55-50(41)30-39)42-25-23-40(31-51(42)56-52)47-29-38-19-10-8-17-36(38)27-45(47)34-14-5-2-6-15-34/h1-32H. The summed E-state index contributed by atoms with van der Waals surface area (Å²) in [7, 11) is 0. The molecule has 0 spiro atoms. The third-order valence-corrected chi connectivity index (χ3v) is 13.8. The lowest BCUT2D eigenvalue weighted by Gasteiger charge is -2.22. The quantitative estimate of drug-likeness (QED) is 0.173. The van der Waals surface area contributed by atoms with Crippen LogP contribution in [0.5, 0.6) is 0 Å². The molecule has 1 aromatic heterocycles.